The molecule has 1 aliphatic heterocycles. The summed E-state index contributed by atoms with van der Waals surface area (Å²) < 4.78 is 0.932. The van der Waals surface area contributed by atoms with Gasteiger partial charge in [0, 0.05) is 21.6 Å². The number of carbonyl (C=O) groups excluding carboxylic acids is 2. The molecule has 26 heavy (non-hydrogen) atoms. The molecule has 0 saturated heterocycles. The highest BCUT2D eigenvalue weighted by molar-refractivity contribution is 9.10. The number of hydrogen-bond acceptors (Lipinski definition) is 2. The predicted octanol–water partition coefficient (Wildman–Crippen LogP) is 4.51. The lowest BCUT2D eigenvalue weighted by molar-refractivity contribution is -0.139. The van der Waals surface area contributed by atoms with Crippen LogP contribution >= 0.6 is 15.9 Å². The third-order valence-electron chi connectivity index (χ3n) is 5.31. The highest BCUT2D eigenvalue weighted by Gasteiger charge is 2.37. The molecule has 0 unspecified atom stereocenters. The molecule has 1 fully saturated rings. The van der Waals surface area contributed by atoms with E-state index >= 15 is 0 Å². The van der Waals surface area contributed by atoms with E-state index in [1.807, 2.05) is 48.5 Å². The van der Waals surface area contributed by atoms with Gasteiger partial charge in [-0.3, -0.25) is 9.59 Å². The molecular formula is C21H21BrN2O2. The van der Waals surface area contributed by atoms with Crippen LogP contribution in [0.15, 0.2) is 53.0 Å². The standard InChI is InChI=1S/C21H21BrN2O2/c22-16-10-11-18-17(12-16)20(14-6-2-1-3-7-14)24(13-19(25)23-18)21(26)15-8-4-5-9-15/h1-3,6-7,10-12,15,20H,4-5,8-9,13H2,(H,23,25)/t20-/m1/s1. The van der Waals surface area contributed by atoms with E-state index in [4.69, 9.17) is 0 Å². The fraction of sp³-hybridized carbons (Fsp3) is 0.333. The van der Waals surface area contributed by atoms with Crippen molar-refractivity contribution in [2.24, 2.45) is 5.92 Å². The van der Waals surface area contributed by atoms with E-state index < -0.39 is 0 Å². The lowest BCUT2D eigenvalue weighted by Gasteiger charge is -2.32. The summed E-state index contributed by atoms with van der Waals surface area (Å²) in [6, 6.07) is 15.5. The first kappa shape index (κ1) is 17.3. The van der Waals surface area contributed by atoms with Gasteiger partial charge in [-0.1, -0.05) is 59.1 Å². The molecule has 2 amide bonds. The number of anilines is 1. The number of nitrogens with zero attached hydrogens (tertiary/aromatic N) is 1. The quantitative estimate of drug-likeness (QED) is 0.788. The molecule has 0 aromatic heterocycles. The smallest absolute Gasteiger partial charge is 0.244 e. The van der Waals surface area contributed by atoms with Crippen molar-refractivity contribution in [3.8, 4) is 0 Å². The number of fused-ring (bicyclic) bond motifs is 1. The van der Waals surface area contributed by atoms with E-state index in [1.54, 1.807) is 4.90 Å². The minimum absolute atomic E-state index is 0.0303. The lowest BCUT2D eigenvalue weighted by atomic mass is 9.94. The second-order valence-electron chi connectivity index (χ2n) is 7.04. The van der Waals surface area contributed by atoms with Crippen LogP contribution in [0.3, 0.4) is 0 Å². The summed E-state index contributed by atoms with van der Waals surface area (Å²) in [5.41, 5.74) is 2.74. The Kier molecular flexibility index (Phi) is 4.81. The number of benzene rings is 2. The summed E-state index contributed by atoms with van der Waals surface area (Å²) >= 11 is 3.54. The number of halogens is 1. The van der Waals surface area contributed by atoms with Gasteiger partial charge >= 0.3 is 0 Å². The number of nitrogens with one attached hydrogen (secondary N) is 1. The molecule has 4 rings (SSSR count). The van der Waals surface area contributed by atoms with E-state index in [0.29, 0.717) is 0 Å². The molecule has 2 aromatic rings. The highest BCUT2D eigenvalue weighted by Crippen LogP contribution is 2.39. The van der Waals surface area contributed by atoms with Gasteiger partial charge in [-0.05, 0) is 36.6 Å². The Morgan fingerprint density at radius 2 is 1.81 bits per heavy atom. The van der Waals surface area contributed by atoms with Crippen molar-refractivity contribution < 1.29 is 9.59 Å². The normalized spacial score (nSPS) is 20.4. The Morgan fingerprint density at radius 1 is 1.08 bits per heavy atom. The van der Waals surface area contributed by atoms with Crippen LogP contribution in [0, 0.1) is 5.92 Å². The molecule has 134 valence electrons. The molecule has 2 aliphatic rings. The number of hydrogen-bond donors (Lipinski definition) is 1. The number of amides is 2. The average Bonchev–Trinajstić information content (AvgIpc) is 3.13. The Labute approximate surface area is 161 Å². The average molecular weight is 413 g/mol. The van der Waals surface area contributed by atoms with Crippen molar-refractivity contribution in [2.45, 2.75) is 31.7 Å². The zero-order valence-electron chi connectivity index (χ0n) is 14.5. The zero-order valence-corrected chi connectivity index (χ0v) is 16.0. The Balaban J connectivity index is 1.84. The first-order valence-electron chi connectivity index (χ1n) is 9.08. The molecule has 0 bridgehead atoms. The van der Waals surface area contributed by atoms with Crippen LogP contribution in [0.1, 0.15) is 42.9 Å². The van der Waals surface area contributed by atoms with Gasteiger partial charge in [0.1, 0.15) is 6.54 Å². The Hall–Kier alpha value is -2.14. The molecule has 4 nitrogen and oxygen atoms in total. The van der Waals surface area contributed by atoms with Gasteiger partial charge in [0.2, 0.25) is 11.8 Å². The summed E-state index contributed by atoms with van der Waals surface area (Å²) in [6.45, 7) is 0.0845. The molecule has 1 atom stereocenters. The first-order valence-corrected chi connectivity index (χ1v) is 9.87. The molecular weight excluding hydrogens is 392 g/mol. The van der Waals surface area contributed by atoms with Crippen LogP contribution in [0.5, 0.6) is 0 Å². The van der Waals surface area contributed by atoms with Crippen LogP contribution in [0.25, 0.3) is 0 Å². The second-order valence-corrected chi connectivity index (χ2v) is 7.96. The van der Waals surface area contributed by atoms with Crippen molar-refractivity contribution in [3.63, 3.8) is 0 Å². The minimum Gasteiger partial charge on any atom is -0.324 e. The van der Waals surface area contributed by atoms with Crippen molar-refractivity contribution >= 4 is 33.4 Å². The Morgan fingerprint density at radius 3 is 2.54 bits per heavy atom. The summed E-state index contributed by atoms with van der Waals surface area (Å²) in [6.07, 6.45) is 4.02. The van der Waals surface area contributed by atoms with E-state index in [0.717, 1.165) is 47.0 Å². The van der Waals surface area contributed by atoms with Gasteiger partial charge in [0.15, 0.2) is 0 Å². The molecule has 1 N–H and O–H groups in total. The number of carbonyl (C=O) groups is 2. The summed E-state index contributed by atoms with van der Waals surface area (Å²) in [5, 5.41) is 2.97. The lowest BCUT2D eigenvalue weighted by Crippen LogP contribution is -2.41. The second kappa shape index (κ2) is 7.23. The maximum Gasteiger partial charge on any atom is 0.244 e. The molecule has 1 heterocycles. The van der Waals surface area contributed by atoms with Gasteiger partial charge in [0.25, 0.3) is 0 Å². The molecule has 5 heteroatoms. The topological polar surface area (TPSA) is 49.4 Å². The van der Waals surface area contributed by atoms with E-state index in [-0.39, 0.29) is 30.3 Å². The molecule has 0 spiro atoms. The summed E-state index contributed by atoms with van der Waals surface area (Å²) in [7, 11) is 0. The number of rotatable bonds is 2. The molecule has 2 aromatic carbocycles. The van der Waals surface area contributed by atoms with Gasteiger partial charge < -0.3 is 10.2 Å². The van der Waals surface area contributed by atoms with Gasteiger partial charge in [-0.25, -0.2) is 0 Å². The van der Waals surface area contributed by atoms with Crippen LogP contribution in [0.2, 0.25) is 0 Å². The van der Waals surface area contributed by atoms with Crippen LogP contribution in [-0.2, 0) is 9.59 Å². The SMILES string of the molecule is O=C1CN(C(=O)C2CCCC2)[C@H](c2ccccc2)c2cc(Br)ccc2N1. The highest BCUT2D eigenvalue weighted by atomic mass is 79.9. The van der Waals surface area contributed by atoms with E-state index in [2.05, 4.69) is 21.2 Å². The zero-order chi connectivity index (χ0) is 18.1. The summed E-state index contributed by atoms with van der Waals surface area (Å²) in [5.74, 6) is -0.0135. The van der Waals surface area contributed by atoms with Crippen LogP contribution < -0.4 is 5.32 Å². The van der Waals surface area contributed by atoms with Gasteiger partial charge in [0.05, 0.1) is 6.04 Å². The van der Waals surface area contributed by atoms with Crippen molar-refractivity contribution in [3.05, 3.63) is 64.1 Å². The molecule has 1 aliphatic carbocycles. The minimum atomic E-state index is -0.268. The largest absolute Gasteiger partial charge is 0.324 e. The predicted molar refractivity (Wildman–Crippen MR) is 105 cm³/mol. The Bertz CT molecular complexity index is 831. The van der Waals surface area contributed by atoms with Crippen molar-refractivity contribution in [1.82, 2.24) is 4.90 Å². The van der Waals surface area contributed by atoms with Crippen LogP contribution in [0.4, 0.5) is 5.69 Å². The third-order valence-corrected chi connectivity index (χ3v) is 5.80. The van der Waals surface area contributed by atoms with Crippen LogP contribution in [-0.4, -0.2) is 23.3 Å². The van der Waals surface area contributed by atoms with Gasteiger partial charge in [-0.2, -0.15) is 0 Å². The molecule has 1 saturated carbocycles. The third kappa shape index (κ3) is 3.28. The fourth-order valence-corrected chi connectivity index (χ4v) is 4.46. The first-order chi connectivity index (χ1) is 12.6. The van der Waals surface area contributed by atoms with Crippen molar-refractivity contribution in [1.29, 1.82) is 0 Å². The molecule has 0 radical (unpaired) electrons. The van der Waals surface area contributed by atoms with E-state index in [1.165, 1.54) is 0 Å². The maximum absolute atomic E-state index is 13.3. The fourth-order valence-electron chi connectivity index (χ4n) is 4.08. The maximum atomic E-state index is 13.3. The monoisotopic (exact) mass is 412 g/mol. The van der Waals surface area contributed by atoms with Crippen molar-refractivity contribution in [2.75, 3.05) is 11.9 Å². The summed E-state index contributed by atoms with van der Waals surface area (Å²) in [4.78, 5) is 27.6. The van der Waals surface area contributed by atoms with Gasteiger partial charge in [-0.15, -0.1) is 0 Å². The van der Waals surface area contributed by atoms with E-state index in [9.17, 15) is 9.59 Å².